The first-order valence-corrected chi connectivity index (χ1v) is 6.08. The number of hydrogen-bond donors (Lipinski definition) is 2. The van der Waals surface area contributed by atoms with Crippen LogP contribution in [0.5, 0.6) is 0 Å². The summed E-state index contributed by atoms with van der Waals surface area (Å²) in [6.07, 6.45) is 0. The number of pyridine rings is 1. The number of carboxylic acid groups (broad SMARTS) is 1. The second-order valence-electron chi connectivity index (χ2n) is 3.82. The maximum absolute atomic E-state index is 10.9. The van der Waals surface area contributed by atoms with Gasteiger partial charge in [-0.15, -0.1) is 0 Å². The number of nitrogens with zero attached hydrogens (tertiary/aromatic N) is 1. The van der Waals surface area contributed by atoms with Gasteiger partial charge in [0.05, 0.1) is 5.56 Å². The number of rotatable bonds is 3. The van der Waals surface area contributed by atoms with Crippen molar-refractivity contribution in [3.8, 4) is 0 Å². The third-order valence-electron chi connectivity index (χ3n) is 2.32. The first kappa shape index (κ1) is 12.6. The van der Waals surface area contributed by atoms with E-state index in [2.05, 4.69) is 26.2 Å². The molecule has 1 aromatic heterocycles. The molecule has 1 aromatic carbocycles. The van der Waals surface area contributed by atoms with Crippen LogP contribution in [0, 0.1) is 6.92 Å². The molecule has 0 bridgehead atoms. The van der Waals surface area contributed by atoms with Gasteiger partial charge in [0.15, 0.2) is 0 Å². The minimum Gasteiger partial charge on any atom is -0.478 e. The van der Waals surface area contributed by atoms with E-state index in [1.54, 1.807) is 6.92 Å². The number of halogens is 1. The summed E-state index contributed by atoms with van der Waals surface area (Å²) in [6.45, 7) is 1.76. The zero-order chi connectivity index (χ0) is 13.1. The van der Waals surface area contributed by atoms with Gasteiger partial charge in [0.1, 0.15) is 5.82 Å². The molecule has 4 nitrogen and oxygen atoms in total. The summed E-state index contributed by atoms with van der Waals surface area (Å²) in [4.78, 5) is 15.2. The monoisotopic (exact) mass is 306 g/mol. The predicted molar refractivity (Wildman–Crippen MR) is 73.4 cm³/mol. The maximum Gasteiger partial charge on any atom is 0.335 e. The van der Waals surface area contributed by atoms with Gasteiger partial charge in [-0.2, -0.15) is 0 Å². The molecular weight excluding hydrogens is 296 g/mol. The highest BCUT2D eigenvalue weighted by atomic mass is 79.9. The van der Waals surface area contributed by atoms with Crippen LogP contribution >= 0.6 is 15.9 Å². The van der Waals surface area contributed by atoms with E-state index in [4.69, 9.17) is 5.11 Å². The minimum absolute atomic E-state index is 0.224. The number of anilines is 2. The van der Waals surface area contributed by atoms with Gasteiger partial charge in [0.2, 0.25) is 0 Å². The van der Waals surface area contributed by atoms with Gasteiger partial charge in [-0.1, -0.05) is 15.9 Å². The molecule has 0 aliphatic carbocycles. The van der Waals surface area contributed by atoms with Crippen LogP contribution in [0.25, 0.3) is 0 Å². The number of carbonyl (C=O) groups is 1. The smallest absolute Gasteiger partial charge is 0.335 e. The van der Waals surface area contributed by atoms with Crippen LogP contribution in [-0.2, 0) is 0 Å². The fraction of sp³-hybridized carbons (Fsp3) is 0.0769. The van der Waals surface area contributed by atoms with E-state index in [9.17, 15) is 4.79 Å². The average molecular weight is 307 g/mol. The average Bonchev–Trinajstić information content (AvgIpc) is 2.31. The molecule has 1 heterocycles. The SMILES string of the molecule is Cc1cc(C(=O)O)cc(Nc2ccc(Br)cc2)n1. The lowest BCUT2D eigenvalue weighted by Crippen LogP contribution is -2.01. The highest BCUT2D eigenvalue weighted by Gasteiger charge is 2.06. The summed E-state index contributed by atoms with van der Waals surface area (Å²) in [6, 6.07) is 10.6. The van der Waals surface area contributed by atoms with E-state index >= 15 is 0 Å². The van der Waals surface area contributed by atoms with Crippen molar-refractivity contribution in [2.45, 2.75) is 6.92 Å². The number of nitrogens with one attached hydrogen (secondary N) is 1. The van der Waals surface area contributed by atoms with Crippen LogP contribution in [0.3, 0.4) is 0 Å². The Balaban J connectivity index is 2.28. The van der Waals surface area contributed by atoms with Crippen LogP contribution in [0.15, 0.2) is 40.9 Å². The van der Waals surface area contributed by atoms with Crippen molar-refractivity contribution in [2.24, 2.45) is 0 Å². The van der Waals surface area contributed by atoms with Crippen LogP contribution in [0.1, 0.15) is 16.1 Å². The van der Waals surface area contributed by atoms with E-state index < -0.39 is 5.97 Å². The Morgan fingerprint density at radius 2 is 1.94 bits per heavy atom. The molecule has 92 valence electrons. The van der Waals surface area contributed by atoms with E-state index in [0.29, 0.717) is 11.5 Å². The van der Waals surface area contributed by atoms with Crippen molar-refractivity contribution >= 4 is 33.4 Å². The first-order valence-electron chi connectivity index (χ1n) is 5.29. The van der Waals surface area contributed by atoms with Crippen molar-refractivity contribution in [1.82, 2.24) is 4.98 Å². The second-order valence-corrected chi connectivity index (χ2v) is 4.74. The largest absolute Gasteiger partial charge is 0.478 e. The van der Waals surface area contributed by atoms with Crippen LogP contribution in [-0.4, -0.2) is 16.1 Å². The molecule has 0 saturated heterocycles. The normalized spacial score (nSPS) is 10.1. The topological polar surface area (TPSA) is 62.2 Å². The third kappa shape index (κ3) is 3.07. The quantitative estimate of drug-likeness (QED) is 0.909. The Hall–Kier alpha value is -1.88. The predicted octanol–water partition coefficient (Wildman–Crippen LogP) is 3.59. The standard InChI is InChI=1S/C13H11BrN2O2/c1-8-6-9(13(17)18)7-12(15-8)16-11-4-2-10(14)3-5-11/h2-7H,1H3,(H,15,16)(H,17,18). The van der Waals surface area contributed by atoms with Crippen molar-refractivity contribution in [2.75, 3.05) is 5.32 Å². The summed E-state index contributed by atoms with van der Waals surface area (Å²) in [5.74, 6) is -0.436. The van der Waals surface area contributed by atoms with Gasteiger partial charge in [-0.3, -0.25) is 0 Å². The Labute approximate surface area is 113 Å². The Morgan fingerprint density at radius 3 is 2.56 bits per heavy atom. The fourth-order valence-corrected chi connectivity index (χ4v) is 1.80. The van der Waals surface area contributed by atoms with E-state index in [1.165, 1.54) is 12.1 Å². The summed E-state index contributed by atoms with van der Waals surface area (Å²) < 4.78 is 0.983. The highest BCUT2D eigenvalue weighted by molar-refractivity contribution is 9.10. The Morgan fingerprint density at radius 1 is 1.28 bits per heavy atom. The Kier molecular flexibility index (Phi) is 3.62. The molecule has 0 spiro atoms. The molecule has 0 aliphatic rings. The van der Waals surface area contributed by atoms with Crippen LogP contribution in [0.2, 0.25) is 0 Å². The number of benzene rings is 1. The molecule has 0 fully saturated rings. The lowest BCUT2D eigenvalue weighted by Gasteiger charge is -2.07. The summed E-state index contributed by atoms with van der Waals surface area (Å²) in [5, 5.41) is 12.0. The molecule has 0 atom stereocenters. The maximum atomic E-state index is 10.9. The van der Waals surface area contributed by atoms with E-state index in [-0.39, 0.29) is 5.56 Å². The van der Waals surface area contributed by atoms with E-state index in [1.807, 2.05) is 24.3 Å². The molecule has 5 heteroatoms. The number of aromatic carboxylic acids is 1. The number of aromatic nitrogens is 1. The van der Waals surface area contributed by atoms with Crippen molar-refractivity contribution in [3.05, 3.63) is 52.1 Å². The van der Waals surface area contributed by atoms with Crippen LogP contribution in [0.4, 0.5) is 11.5 Å². The molecular formula is C13H11BrN2O2. The first-order chi connectivity index (χ1) is 8.54. The fourth-order valence-electron chi connectivity index (χ4n) is 1.54. The highest BCUT2D eigenvalue weighted by Crippen LogP contribution is 2.19. The van der Waals surface area contributed by atoms with Gasteiger partial charge >= 0.3 is 5.97 Å². The molecule has 0 radical (unpaired) electrons. The number of aryl methyl sites for hydroxylation is 1. The number of hydrogen-bond acceptors (Lipinski definition) is 3. The van der Waals surface area contributed by atoms with Crippen molar-refractivity contribution < 1.29 is 9.90 Å². The van der Waals surface area contributed by atoms with Crippen molar-refractivity contribution in [3.63, 3.8) is 0 Å². The van der Waals surface area contributed by atoms with Gasteiger partial charge in [0, 0.05) is 15.9 Å². The molecule has 0 unspecified atom stereocenters. The van der Waals surface area contributed by atoms with Crippen molar-refractivity contribution in [1.29, 1.82) is 0 Å². The molecule has 2 N–H and O–H groups in total. The van der Waals surface area contributed by atoms with Gasteiger partial charge in [0.25, 0.3) is 0 Å². The molecule has 18 heavy (non-hydrogen) atoms. The number of carboxylic acids is 1. The van der Waals surface area contributed by atoms with Crippen LogP contribution < -0.4 is 5.32 Å². The zero-order valence-electron chi connectivity index (χ0n) is 9.64. The van der Waals surface area contributed by atoms with Gasteiger partial charge in [-0.25, -0.2) is 9.78 Å². The van der Waals surface area contributed by atoms with Gasteiger partial charge < -0.3 is 10.4 Å². The molecule has 0 aliphatic heterocycles. The lowest BCUT2D eigenvalue weighted by molar-refractivity contribution is 0.0696. The minimum atomic E-state index is -0.959. The summed E-state index contributed by atoms with van der Waals surface area (Å²) >= 11 is 3.35. The second kappa shape index (κ2) is 5.18. The van der Waals surface area contributed by atoms with E-state index in [0.717, 1.165) is 10.2 Å². The third-order valence-corrected chi connectivity index (χ3v) is 2.85. The summed E-state index contributed by atoms with van der Waals surface area (Å²) in [5.41, 5.74) is 1.74. The molecule has 2 aromatic rings. The molecule has 2 rings (SSSR count). The molecule has 0 amide bonds. The molecule has 0 saturated carbocycles. The summed E-state index contributed by atoms with van der Waals surface area (Å²) in [7, 11) is 0. The Bertz CT molecular complexity index is 582. The van der Waals surface area contributed by atoms with Gasteiger partial charge in [-0.05, 0) is 43.3 Å². The zero-order valence-corrected chi connectivity index (χ0v) is 11.2. The lowest BCUT2D eigenvalue weighted by atomic mass is 10.2.